The smallest absolute Gasteiger partial charge is 0.308 e. The first-order valence-electron chi connectivity index (χ1n) is 6.47. The van der Waals surface area contributed by atoms with Crippen LogP contribution < -0.4 is 11.3 Å². The molecule has 0 saturated heterocycles. The number of hydrogen-bond acceptors (Lipinski definition) is 4. The molecule has 112 valence electrons. The van der Waals surface area contributed by atoms with Gasteiger partial charge in [0.25, 0.3) is 0 Å². The monoisotopic (exact) mass is 296 g/mol. The normalized spacial score (nSPS) is 11.5. The van der Waals surface area contributed by atoms with Crippen molar-refractivity contribution in [3.8, 4) is 11.4 Å². The highest BCUT2D eigenvalue weighted by molar-refractivity contribution is 5.62. The fourth-order valence-electron chi connectivity index (χ4n) is 2.00. The maximum atomic E-state index is 13.1. The van der Waals surface area contributed by atoms with Crippen LogP contribution in [-0.4, -0.2) is 9.97 Å². The quantitative estimate of drug-likeness (QED) is 0.670. The number of aromatic nitrogens is 2. The first-order chi connectivity index (χ1) is 9.95. The zero-order chi connectivity index (χ0) is 15.5. The van der Waals surface area contributed by atoms with E-state index in [1.54, 1.807) is 6.07 Å². The summed E-state index contributed by atoms with van der Waals surface area (Å²) in [6.45, 7) is 1.96. The Kier molecular flexibility index (Phi) is 4.42. The predicted octanol–water partition coefficient (Wildman–Crippen LogP) is 3.40. The van der Waals surface area contributed by atoms with Crippen molar-refractivity contribution in [2.45, 2.75) is 25.9 Å². The third-order valence-electron chi connectivity index (χ3n) is 2.91. The van der Waals surface area contributed by atoms with Gasteiger partial charge in [0.15, 0.2) is 5.82 Å². The minimum absolute atomic E-state index is 0.0156. The second-order valence-corrected chi connectivity index (χ2v) is 4.51. The van der Waals surface area contributed by atoms with Crippen LogP contribution in [0.2, 0.25) is 0 Å². The van der Waals surface area contributed by atoms with Crippen LogP contribution in [0.15, 0.2) is 30.3 Å². The molecular weight excluding hydrogens is 281 g/mol. The second-order valence-electron chi connectivity index (χ2n) is 4.51. The fourth-order valence-corrected chi connectivity index (χ4v) is 2.00. The van der Waals surface area contributed by atoms with E-state index in [0.29, 0.717) is 17.9 Å². The molecule has 0 atom stereocenters. The molecule has 0 aliphatic rings. The van der Waals surface area contributed by atoms with E-state index in [0.717, 1.165) is 12.5 Å². The van der Waals surface area contributed by atoms with Gasteiger partial charge in [-0.05, 0) is 12.5 Å². The molecule has 0 amide bonds. The lowest BCUT2D eigenvalue weighted by Gasteiger charge is -2.13. The molecule has 0 fully saturated rings. The van der Waals surface area contributed by atoms with Crippen molar-refractivity contribution in [1.29, 1.82) is 0 Å². The van der Waals surface area contributed by atoms with Crippen molar-refractivity contribution < 1.29 is 13.2 Å². The van der Waals surface area contributed by atoms with Gasteiger partial charge in [-0.2, -0.15) is 13.2 Å². The Bertz CT molecular complexity index is 626. The van der Waals surface area contributed by atoms with Crippen LogP contribution in [-0.2, 0) is 12.6 Å². The van der Waals surface area contributed by atoms with Crippen LogP contribution >= 0.6 is 0 Å². The molecule has 0 bridgehead atoms. The summed E-state index contributed by atoms with van der Waals surface area (Å²) in [6.07, 6.45) is -3.00. The van der Waals surface area contributed by atoms with Gasteiger partial charge in [-0.25, -0.2) is 15.8 Å². The number of nitrogens with two attached hydrogens (primary N) is 1. The average molecular weight is 296 g/mol. The first kappa shape index (κ1) is 15.2. The lowest BCUT2D eigenvalue weighted by atomic mass is 10.1. The van der Waals surface area contributed by atoms with Gasteiger partial charge in [0.05, 0.1) is 5.56 Å². The van der Waals surface area contributed by atoms with E-state index in [1.807, 2.05) is 6.92 Å². The maximum absolute atomic E-state index is 13.1. The number of aryl methyl sites for hydroxylation is 1. The minimum Gasteiger partial charge on any atom is -0.308 e. The van der Waals surface area contributed by atoms with E-state index in [4.69, 9.17) is 5.84 Å². The van der Waals surface area contributed by atoms with Gasteiger partial charge in [0, 0.05) is 17.3 Å². The van der Waals surface area contributed by atoms with Gasteiger partial charge in [0.1, 0.15) is 5.82 Å². The minimum atomic E-state index is -4.46. The molecule has 1 heterocycles. The fraction of sp³-hybridized carbons (Fsp3) is 0.286. The van der Waals surface area contributed by atoms with Crippen LogP contribution in [0, 0.1) is 0 Å². The largest absolute Gasteiger partial charge is 0.417 e. The van der Waals surface area contributed by atoms with E-state index in [9.17, 15) is 13.2 Å². The molecule has 1 aromatic carbocycles. The molecule has 7 heteroatoms. The standard InChI is InChI=1S/C14H15F3N4/c1-2-5-9-8-12(21-18)20-13(19-9)10-6-3-4-7-11(10)14(15,16)17/h3-4,6-8H,2,5,18H2,1H3,(H,19,20,21). The molecule has 2 aromatic rings. The Morgan fingerprint density at radius 3 is 2.52 bits per heavy atom. The summed E-state index contributed by atoms with van der Waals surface area (Å²) in [5, 5.41) is 0. The summed E-state index contributed by atoms with van der Waals surface area (Å²) < 4.78 is 39.2. The van der Waals surface area contributed by atoms with E-state index in [-0.39, 0.29) is 11.4 Å². The number of anilines is 1. The van der Waals surface area contributed by atoms with Gasteiger partial charge in [-0.1, -0.05) is 31.5 Å². The number of hydrazine groups is 1. The van der Waals surface area contributed by atoms with Crippen molar-refractivity contribution in [1.82, 2.24) is 9.97 Å². The highest BCUT2D eigenvalue weighted by Gasteiger charge is 2.34. The Morgan fingerprint density at radius 2 is 1.90 bits per heavy atom. The summed E-state index contributed by atoms with van der Waals surface area (Å²) in [5.41, 5.74) is 2.19. The number of rotatable bonds is 4. The lowest BCUT2D eigenvalue weighted by molar-refractivity contribution is -0.137. The zero-order valence-corrected chi connectivity index (χ0v) is 11.4. The lowest BCUT2D eigenvalue weighted by Crippen LogP contribution is -2.12. The maximum Gasteiger partial charge on any atom is 0.417 e. The van der Waals surface area contributed by atoms with Gasteiger partial charge in [-0.15, -0.1) is 0 Å². The summed E-state index contributed by atoms with van der Waals surface area (Å²) in [6, 6.07) is 6.86. The van der Waals surface area contributed by atoms with Gasteiger partial charge < -0.3 is 5.43 Å². The molecular formula is C14H15F3N4. The Hall–Kier alpha value is -2.15. The van der Waals surface area contributed by atoms with Crippen molar-refractivity contribution in [2.75, 3.05) is 5.43 Å². The van der Waals surface area contributed by atoms with E-state index >= 15 is 0 Å². The molecule has 0 saturated carbocycles. The zero-order valence-electron chi connectivity index (χ0n) is 11.4. The molecule has 0 aliphatic carbocycles. The Labute approximate surface area is 120 Å². The Balaban J connectivity index is 2.59. The van der Waals surface area contributed by atoms with Gasteiger partial charge in [-0.3, -0.25) is 0 Å². The van der Waals surface area contributed by atoms with Gasteiger partial charge in [0.2, 0.25) is 0 Å². The SMILES string of the molecule is CCCc1cc(NN)nc(-c2ccccc2C(F)(F)F)n1. The highest BCUT2D eigenvalue weighted by Crippen LogP contribution is 2.36. The number of nitrogens with one attached hydrogen (secondary N) is 1. The molecule has 2 rings (SSSR count). The molecule has 4 nitrogen and oxygen atoms in total. The number of nitrogen functional groups attached to an aromatic ring is 1. The number of hydrogen-bond donors (Lipinski definition) is 2. The van der Waals surface area contributed by atoms with Crippen molar-refractivity contribution in [3.05, 3.63) is 41.6 Å². The Morgan fingerprint density at radius 1 is 1.19 bits per heavy atom. The van der Waals surface area contributed by atoms with Crippen LogP contribution in [0.4, 0.5) is 19.0 Å². The van der Waals surface area contributed by atoms with E-state index in [2.05, 4.69) is 15.4 Å². The molecule has 3 N–H and O–H groups in total. The third-order valence-corrected chi connectivity index (χ3v) is 2.91. The van der Waals surface area contributed by atoms with Crippen LogP contribution in [0.25, 0.3) is 11.4 Å². The average Bonchev–Trinajstić information content (AvgIpc) is 2.46. The summed E-state index contributed by atoms with van der Waals surface area (Å²) in [4.78, 5) is 8.24. The molecule has 0 radical (unpaired) electrons. The molecule has 0 unspecified atom stereocenters. The van der Waals surface area contributed by atoms with Crippen molar-refractivity contribution >= 4 is 5.82 Å². The van der Waals surface area contributed by atoms with Crippen LogP contribution in [0.1, 0.15) is 24.6 Å². The first-order valence-corrected chi connectivity index (χ1v) is 6.47. The predicted molar refractivity (Wildman–Crippen MR) is 74.3 cm³/mol. The number of halogens is 3. The molecule has 1 aromatic heterocycles. The molecule has 0 spiro atoms. The second kappa shape index (κ2) is 6.09. The van der Waals surface area contributed by atoms with Crippen LogP contribution in [0.3, 0.4) is 0 Å². The van der Waals surface area contributed by atoms with E-state index < -0.39 is 11.7 Å². The number of nitrogens with zero attached hydrogens (tertiary/aromatic N) is 2. The number of alkyl halides is 3. The highest BCUT2D eigenvalue weighted by atomic mass is 19.4. The van der Waals surface area contributed by atoms with Crippen molar-refractivity contribution in [2.24, 2.45) is 5.84 Å². The van der Waals surface area contributed by atoms with Crippen molar-refractivity contribution in [3.63, 3.8) is 0 Å². The summed E-state index contributed by atoms with van der Waals surface area (Å²) >= 11 is 0. The van der Waals surface area contributed by atoms with Crippen LogP contribution in [0.5, 0.6) is 0 Å². The molecule has 21 heavy (non-hydrogen) atoms. The third kappa shape index (κ3) is 3.49. The molecule has 0 aliphatic heterocycles. The number of benzene rings is 1. The van der Waals surface area contributed by atoms with E-state index in [1.165, 1.54) is 18.2 Å². The topological polar surface area (TPSA) is 63.8 Å². The van der Waals surface area contributed by atoms with Gasteiger partial charge >= 0.3 is 6.18 Å². The summed E-state index contributed by atoms with van der Waals surface area (Å²) in [7, 11) is 0. The summed E-state index contributed by atoms with van der Waals surface area (Å²) in [5.74, 6) is 5.63.